The second kappa shape index (κ2) is 10.1. The SMILES string of the molecule is COc1cc(-c2ccc(NC(=O)CCCCCBr)c(OC)c2)ccc1N. The molecule has 26 heavy (non-hydrogen) atoms. The summed E-state index contributed by atoms with van der Waals surface area (Å²) in [5, 5.41) is 3.90. The summed E-state index contributed by atoms with van der Waals surface area (Å²) in [5.41, 5.74) is 9.05. The highest BCUT2D eigenvalue weighted by atomic mass is 79.9. The lowest BCUT2D eigenvalue weighted by atomic mass is 10.0. The van der Waals surface area contributed by atoms with Crippen LogP contribution in [0.4, 0.5) is 11.4 Å². The molecule has 2 aromatic carbocycles. The van der Waals surface area contributed by atoms with Gasteiger partial charge in [0.1, 0.15) is 11.5 Å². The van der Waals surface area contributed by atoms with Crippen LogP contribution in [0, 0.1) is 0 Å². The van der Waals surface area contributed by atoms with E-state index in [9.17, 15) is 4.79 Å². The van der Waals surface area contributed by atoms with Crippen molar-refractivity contribution in [3.8, 4) is 22.6 Å². The van der Waals surface area contributed by atoms with Gasteiger partial charge in [0.25, 0.3) is 0 Å². The van der Waals surface area contributed by atoms with E-state index in [1.54, 1.807) is 14.2 Å². The van der Waals surface area contributed by atoms with Crippen molar-refractivity contribution in [2.24, 2.45) is 0 Å². The van der Waals surface area contributed by atoms with Gasteiger partial charge in [-0.2, -0.15) is 0 Å². The molecular formula is C20H25BrN2O3. The van der Waals surface area contributed by atoms with Crippen LogP contribution >= 0.6 is 15.9 Å². The minimum absolute atomic E-state index is 0.000207. The van der Waals surface area contributed by atoms with Gasteiger partial charge in [-0.05, 0) is 48.2 Å². The molecule has 0 aromatic heterocycles. The van der Waals surface area contributed by atoms with Crippen LogP contribution in [0.3, 0.4) is 0 Å². The second-order valence-electron chi connectivity index (χ2n) is 5.92. The minimum Gasteiger partial charge on any atom is -0.495 e. The van der Waals surface area contributed by atoms with Crippen molar-refractivity contribution in [1.82, 2.24) is 0 Å². The Bertz CT molecular complexity index is 750. The number of carbonyl (C=O) groups is 1. The third kappa shape index (κ3) is 5.39. The predicted molar refractivity (Wildman–Crippen MR) is 110 cm³/mol. The zero-order chi connectivity index (χ0) is 18.9. The van der Waals surface area contributed by atoms with Crippen LogP contribution in [0.5, 0.6) is 11.5 Å². The zero-order valence-electron chi connectivity index (χ0n) is 15.2. The van der Waals surface area contributed by atoms with Gasteiger partial charge in [-0.15, -0.1) is 0 Å². The fourth-order valence-corrected chi connectivity index (χ4v) is 3.03. The van der Waals surface area contributed by atoms with Crippen molar-refractivity contribution in [2.75, 3.05) is 30.6 Å². The van der Waals surface area contributed by atoms with E-state index in [0.29, 0.717) is 29.3 Å². The lowest BCUT2D eigenvalue weighted by Gasteiger charge is -2.13. The van der Waals surface area contributed by atoms with Crippen molar-refractivity contribution in [3.05, 3.63) is 36.4 Å². The van der Waals surface area contributed by atoms with Gasteiger partial charge in [0, 0.05) is 11.8 Å². The number of hydrogen-bond acceptors (Lipinski definition) is 4. The fraction of sp³-hybridized carbons (Fsp3) is 0.350. The Kier molecular flexibility index (Phi) is 7.78. The Morgan fingerprint density at radius 2 is 1.65 bits per heavy atom. The number of amides is 1. The van der Waals surface area contributed by atoms with E-state index in [4.69, 9.17) is 15.2 Å². The Hall–Kier alpha value is -2.21. The Labute approximate surface area is 163 Å². The summed E-state index contributed by atoms with van der Waals surface area (Å²) >= 11 is 3.40. The van der Waals surface area contributed by atoms with Crippen molar-refractivity contribution < 1.29 is 14.3 Å². The average Bonchev–Trinajstić information content (AvgIpc) is 2.66. The number of carbonyl (C=O) groups excluding carboxylic acids is 1. The van der Waals surface area contributed by atoms with E-state index in [1.807, 2.05) is 36.4 Å². The average molecular weight is 421 g/mol. The third-order valence-electron chi connectivity index (χ3n) is 4.08. The molecule has 0 aliphatic heterocycles. The van der Waals surface area contributed by atoms with Crippen molar-refractivity contribution >= 4 is 33.2 Å². The molecule has 0 aliphatic carbocycles. The van der Waals surface area contributed by atoms with E-state index < -0.39 is 0 Å². The highest BCUT2D eigenvalue weighted by molar-refractivity contribution is 9.09. The van der Waals surface area contributed by atoms with E-state index in [0.717, 1.165) is 35.7 Å². The number of anilines is 2. The van der Waals surface area contributed by atoms with Crippen LogP contribution in [0.2, 0.25) is 0 Å². The molecule has 0 bridgehead atoms. The Morgan fingerprint density at radius 1 is 1.00 bits per heavy atom. The maximum absolute atomic E-state index is 12.1. The molecule has 0 radical (unpaired) electrons. The highest BCUT2D eigenvalue weighted by Gasteiger charge is 2.10. The first-order valence-corrected chi connectivity index (χ1v) is 9.69. The van der Waals surface area contributed by atoms with Gasteiger partial charge in [0.15, 0.2) is 0 Å². The van der Waals surface area contributed by atoms with Crippen LogP contribution in [0.25, 0.3) is 11.1 Å². The highest BCUT2D eigenvalue weighted by Crippen LogP contribution is 2.34. The van der Waals surface area contributed by atoms with Gasteiger partial charge in [-0.3, -0.25) is 4.79 Å². The normalized spacial score (nSPS) is 10.4. The van der Waals surface area contributed by atoms with E-state index >= 15 is 0 Å². The molecule has 140 valence electrons. The van der Waals surface area contributed by atoms with Crippen LogP contribution < -0.4 is 20.5 Å². The summed E-state index contributed by atoms with van der Waals surface area (Å²) in [6, 6.07) is 11.3. The molecular weight excluding hydrogens is 396 g/mol. The number of hydrogen-bond donors (Lipinski definition) is 2. The second-order valence-corrected chi connectivity index (χ2v) is 6.71. The zero-order valence-corrected chi connectivity index (χ0v) is 16.8. The molecule has 0 saturated heterocycles. The quantitative estimate of drug-likeness (QED) is 0.345. The summed E-state index contributed by atoms with van der Waals surface area (Å²) in [5.74, 6) is 1.24. The molecule has 0 aliphatic rings. The van der Waals surface area contributed by atoms with E-state index in [1.165, 1.54) is 0 Å². The molecule has 0 unspecified atom stereocenters. The van der Waals surface area contributed by atoms with Gasteiger partial charge in [-0.1, -0.05) is 34.5 Å². The summed E-state index contributed by atoms with van der Waals surface area (Å²) in [7, 11) is 3.18. The van der Waals surface area contributed by atoms with E-state index in [-0.39, 0.29) is 5.91 Å². The van der Waals surface area contributed by atoms with Gasteiger partial charge in [0.2, 0.25) is 5.91 Å². The number of methoxy groups -OCH3 is 2. The first-order valence-electron chi connectivity index (χ1n) is 8.56. The lowest BCUT2D eigenvalue weighted by molar-refractivity contribution is -0.116. The first-order chi connectivity index (χ1) is 12.6. The monoisotopic (exact) mass is 420 g/mol. The van der Waals surface area contributed by atoms with Crippen LogP contribution in [0.15, 0.2) is 36.4 Å². The number of nitrogens with two attached hydrogens (primary N) is 1. The van der Waals surface area contributed by atoms with Gasteiger partial charge in [-0.25, -0.2) is 0 Å². The van der Waals surface area contributed by atoms with Crippen molar-refractivity contribution in [3.63, 3.8) is 0 Å². The molecule has 0 saturated carbocycles. The number of nitrogen functional groups attached to an aromatic ring is 1. The number of ether oxygens (including phenoxy) is 2. The van der Waals surface area contributed by atoms with Gasteiger partial charge >= 0.3 is 0 Å². The third-order valence-corrected chi connectivity index (χ3v) is 4.64. The Morgan fingerprint density at radius 3 is 2.31 bits per heavy atom. The molecule has 0 fully saturated rings. The molecule has 0 heterocycles. The summed E-state index contributed by atoms with van der Waals surface area (Å²) in [6.07, 6.45) is 3.50. The summed E-state index contributed by atoms with van der Waals surface area (Å²) < 4.78 is 10.7. The molecule has 1 amide bonds. The summed E-state index contributed by atoms with van der Waals surface area (Å²) in [4.78, 5) is 12.1. The van der Waals surface area contributed by atoms with Crippen molar-refractivity contribution in [1.29, 1.82) is 0 Å². The number of nitrogens with one attached hydrogen (secondary N) is 1. The topological polar surface area (TPSA) is 73.6 Å². The van der Waals surface area contributed by atoms with Gasteiger partial charge in [0.05, 0.1) is 25.6 Å². The predicted octanol–water partition coefficient (Wildman–Crippen LogP) is 4.85. The molecule has 3 N–H and O–H groups in total. The summed E-state index contributed by atoms with van der Waals surface area (Å²) in [6.45, 7) is 0. The van der Waals surface area contributed by atoms with Crippen molar-refractivity contribution in [2.45, 2.75) is 25.7 Å². The number of alkyl halides is 1. The maximum Gasteiger partial charge on any atom is 0.224 e. The number of halogens is 1. The van der Waals surface area contributed by atoms with Crippen LogP contribution in [-0.2, 0) is 4.79 Å². The van der Waals surface area contributed by atoms with Crippen LogP contribution in [0.1, 0.15) is 25.7 Å². The maximum atomic E-state index is 12.1. The fourth-order valence-electron chi connectivity index (χ4n) is 2.63. The molecule has 2 rings (SSSR count). The number of rotatable bonds is 9. The standard InChI is InChI=1S/C20H25BrN2O3/c1-25-18-12-14(7-9-16(18)22)15-8-10-17(19(13-15)26-2)23-20(24)6-4-3-5-11-21/h7-10,12-13H,3-6,11,22H2,1-2H3,(H,23,24). The van der Waals surface area contributed by atoms with Gasteiger partial charge < -0.3 is 20.5 Å². The smallest absolute Gasteiger partial charge is 0.224 e. The molecule has 2 aromatic rings. The number of benzene rings is 2. The Balaban J connectivity index is 2.13. The minimum atomic E-state index is -0.000207. The van der Waals surface area contributed by atoms with Crippen LogP contribution in [-0.4, -0.2) is 25.5 Å². The molecule has 6 heteroatoms. The lowest BCUT2D eigenvalue weighted by Crippen LogP contribution is -2.12. The molecule has 0 atom stereocenters. The van der Waals surface area contributed by atoms with E-state index in [2.05, 4.69) is 21.2 Å². The number of unbranched alkanes of at least 4 members (excludes halogenated alkanes) is 2. The molecule has 5 nitrogen and oxygen atoms in total. The molecule has 0 spiro atoms. The first kappa shape index (κ1) is 20.1. The largest absolute Gasteiger partial charge is 0.495 e.